The highest BCUT2D eigenvalue weighted by atomic mass is 32.1. The van der Waals surface area contributed by atoms with Gasteiger partial charge in [0.15, 0.2) is 5.82 Å². The van der Waals surface area contributed by atoms with E-state index in [4.69, 9.17) is 4.74 Å². The minimum absolute atomic E-state index is 0.177. The normalized spacial score (nSPS) is 12.3. The van der Waals surface area contributed by atoms with E-state index in [1.165, 1.54) is 11.5 Å². The van der Waals surface area contributed by atoms with E-state index in [0.717, 1.165) is 22.3 Å². The van der Waals surface area contributed by atoms with E-state index in [1.807, 2.05) is 37.3 Å². The van der Waals surface area contributed by atoms with Gasteiger partial charge in [-0.3, -0.25) is 5.10 Å². The summed E-state index contributed by atoms with van der Waals surface area (Å²) >= 11 is 1.33. The summed E-state index contributed by atoms with van der Waals surface area (Å²) in [5.74, 6) is 2.24. The third-order valence-electron chi connectivity index (χ3n) is 3.27. The second-order valence-corrected chi connectivity index (χ2v) is 5.78. The summed E-state index contributed by atoms with van der Waals surface area (Å²) in [6, 6.07) is 9.87. The van der Waals surface area contributed by atoms with Crippen molar-refractivity contribution in [3.05, 3.63) is 53.4 Å². The molecule has 0 bridgehead atoms. The number of benzene rings is 1. The lowest BCUT2D eigenvalue weighted by molar-refractivity contribution is 0.201. The molecule has 0 aliphatic carbocycles. The van der Waals surface area contributed by atoms with Crippen molar-refractivity contribution in [1.82, 2.24) is 24.5 Å². The topological polar surface area (TPSA) is 88.6 Å². The van der Waals surface area contributed by atoms with E-state index < -0.39 is 0 Å². The van der Waals surface area contributed by atoms with E-state index in [2.05, 4.69) is 29.9 Å². The molecule has 1 atom stereocenters. The molecule has 0 fully saturated rings. The van der Waals surface area contributed by atoms with Crippen LogP contribution in [-0.4, -0.2) is 38.3 Å². The predicted molar refractivity (Wildman–Crippen MR) is 88.5 cm³/mol. The van der Waals surface area contributed by atoms with Gasteiger partial charge < -0.3 is 10.1 Å². The van der Waals surface area contributed by atoms with Gasteiger partial charge >= 0.3 is 0 Å². The van der Waals surface area contributed by atoms with Crippen molar-refractivity contribution in [3.63, 3.8) is 0 Å². The van der Waals surface area contributed by atoms with Crippen LogP contribution in [0.5, 0.6) is 0 Å². The second-order valence-electron chi connectivity index (χ2n) is 5.03. The van der Waals surface area contributed by atoms with Crippen LogP contribution in [0.15, 0.2) is 30.3 Å². The smallest absolute Gasteiger partial charge is 0.203 e. The average molecular weight is 330 g/mol. The Kier molecular flexibility index (Phi) is 4.94. The summed E-state index contributed by atoms with van der Waals surface area (Å²) in [5, 5.41) is 11.3. The Bertz CT molecular complexity index is 741. The van der Waals surface area contributed by atoms with Crippen molar-refractivity contribution in [3.8, 4) is 0 Å². The number of hydrogen-bond donors (Lipinski definition) is 2. The maximum absolute atomic E-state index is 5.06. The highest BCUT2D eigenvalue weighted by molar-refractivity contribution is 7.09. The molecule has 2 N–H and O–H groups in total. The van der Waals surface area contributed by atoms with Crippen molar-refractivity contribution >= 4 is 16.7 Å². The summed E-state index contributed by atoms with van der Waals surface area (Å²) in [6.07, 6.45) is 0.699. The lowest BCUT2D eigenvalue weighted by atomic mass is 10.1. The molecule has 1 unspecified atom stereocenters. The summed E-state index contributed by atoms with van der Waals surface area (Å²) in [5.41, 5.74) is 1.07. The van der Waals surface area contributed by atoms with Crippen LogP contribution in [0.4, 0.5) is 5.13 Å². The van der Waals surface area contributed by atoms with Gasteiger partial charge in [-0.1, -0.05) is 30.3 Å². The highest BCUT2D eigenvalue weighted by Gasteiger charge is 2.20. The molecule has 0 spiro atoms. The number of rotatable bonds is 7. The lowest BCUT2D eigenvalue weighted by Crippen LogP contribution is -2.14. The first kappa shape index (κ1) is 15.6. The predicted octanol–water partition coefficient (Wildman–Crippen LogP) is 2.36. The molecule has 0 saturated carbocycles. The van der Waals surface area contributed by atoms with Crippen LogP contribution in [0.2, 0.25) is 0 Å². The number of H-pyrrole nitrogens is 1. The Morgan fingerprint density at radius 1 is 1.26 bits per heavy atom. The van der Waals surface area contributed by atoms with E-state index in [0.29, 0.717) is 18.9 Å². The molecule has 0 aliphatic heterocycles. The fraction of sp³-hybridized carbons (Fsp3) is 0.333. The van der Waals surface area contributed by atoms with Crippen LogP contribution in [0.25, 0.3) is 0 Å². The molecule has 7 nitrogen and oxygen atoms in total. The van der Waals surface area contributed by atoms with Crippen molar-refractivity contribution in [1.29, 1.82) is 0 Å². The number of nitrogens with one attached hydrogen (secondary N) is 2. The molecule has 0 saturated heterocycles. The first-order chi connectivity index (χ1) is 11.3. The second kappa shape index (κ2) is 7.30. The number of anilines is 1. The molecular weight excluding hydrogens is 312 g/mol. The largest absolute Gasteiger partial charge is 0.384 e. The van der Waals surface area contributed by atoms with Crippen LogP contribution in [0.1, 0.15) is 29.1 Å². The minimum atomic E-state index is -0.177. The number of nitrogens with zero attached hydrogens (tertiary/aromatic N) is 4. The van der Waals surface area contributed by atoms with Crippen LogP contribution in [0.3, 0.4) is 0 Å². The molecule has 0 amide bonds. The number of aromatic nitrogens is 5. The van der Waals surface area contributed by atoms with Gasteiger partial charge in [-0.25, -0.2) is 9.97 Å². The van der Waals surface area contributed by atoms with Crippen LogP contribution < -0.4 is 5.32 Å². The van der Waals surface area contributed by atoms with Crippen molar-refractivity contribution in [2.24, 2.45) is 0 Å². The summed E-state index contributed by atoms with van der Waals surface area (Å²) in [6.45, 7) is 2.49. The van der Waals surface area contributed by atoms with Gasteiger partial charge in [0.2, 0.25) is 5.13 Å². The molecular formula is C15H18N6OS. The third kappa shape index (κ3) is 3.91. The zero-order valence-electron chi connectivity index (χ0n) is 13.0. The lowest BCUT2D eigenvalue weighted by Gasteiger charge is -2.15. The molecule has 2 heterocycles. The van der Waals surface area contributed by atoms with E-state index in [1.54, 1.807) is 7.11 Å². The van der Waals surface area contributed by atoms with Gasteiger partial charge in [-0.05, 0) is 12.5 Å². The molecule has 23 heavy (non-hydrogen) atoms. The van der Waals surface area contributed by atoms with Crippen LogP contribution in [0, 0.1) is 6.92 Å². The SMILES string of the molecule is COCCc1nsc(NC(c2ccccc2)c2n[nH]c(C)n2)n1. The van der Waals surface area contributed by atoms with Gasteiger partial charge in [0.05, 0.1) is 6.61 Å². The fourth-order valence-electron chi connectivity index (χ4n) is 2.16. The van der Waals surface area contributed by atoms with Gasteiger partial charge in [0.25, 0.3) is 0 Å². The zero-order chi connectivity index (χ0) is 16.1. The molecule has 120 valence electrons. The van der Waals surface area contributed by atoms with Crippen LogP contribution >= 0.6 is 11.5 Å². The first-order valence-electron chi connectivity index (χ1n) is 7.28. The van der Waals surface area contributed by atoms with Crippen molar-refractivity contribution in [2.75, 3.05) is 19.0 Å². The molecule has 8 heteroatoms. The average Bonchev–Trinajstić information content (AvgIpc) is 3.20. The maximum atomic E-state index is 5.06. The summed E-state index contributed by atoms with van der Waals surface area (Å²) < 4.78 is 9.40. The maximum Gasteiger partial charge on any atom is 0.203 e. The Morgan fingerprint density at radius 3 is 2.78 bits per heavy atom. The van der Waals surface area contributed by atoms with Gasteiger partial charge in [0, 0.05) is 25.1 Å². The van der Waals surface area contributed by atoms with Gasteiger partial charge in [-0.2, -0.15) is 9.47 Å². The number of aryl methyl sites for hydroxylation is 1. The molecule has 3 rings (SSSR count). The highest BCUT2D eigenvalue weighted by Crippen LogP contribution is 2.25. The van der Waals surface area contributed by atoms with Gasteiger partial charge in [0.1, 0.15) is 17.7 Å². The Hall–Kier alpha value is -2.32. The molecule has 3 aromatic rings. The molecule has 0 radical (unpaired) electrons. The number of hydrogen-bond acceptors (Lipinski definition) is 7. The monoisotopic (exact) mass is 330 g/mol. The standard InChI is InChI=1S/C15H18N6OS/c1-10-16-14(20-19-10)13(11-6-4-3-5-7-11)18-15-17-12(21-23-15)8-9-22-2/h3-7,13H,8-9H2,1-2H3,(H,16,19,20)(H,17,18,21). The zero-order valence-corrected chi connectivity index (χ0v) is 13.8. The third-order valence-corrected chi connectivity index (χ3v) is 3.96. The number of aromatic amines is 1. The molecule has 1 aromatic carbocycles. The number of ether oxygens (including phenoxy) is 1. The van der Waals surface area contributed by atoms with E-state index in [9.17, 15) is 0 Å². The Morgan fingerprint density at radius 2 is 2.09 bits per heavy atom. The van der Waals surface area contributed by atoms with Crippen molar-refractivity contribution < 1.29 is 4.74 Å². The number of methoxy groups -OCH3 is 1. The Labute approximate surface area is 138 Å². The van der Waals surface area contributed by atoms with E-state index in [-0.39, 0.29) is 6.04 Å². The summed E-state index contributed by atoms with van der Waals surface area (Å²) in [7, 11) is 1.67. The Balaban J connectivity index is 1.83. The first-order valence-corrected chi connectivity index (χ1v) is 8.05. The van der Waals surface area contributed by atoms with Crippen molar-refractivity contribution in [2.45, 2.75) is 19.4 Å². The fourth-order valence-corrected chi connectivity index (χ4v) is 2.80. The quantitative estimate of drug-likeness (QED) is 0.691. The minimum Gasteiger partial charge on any atom is -0.384 e. The molecule has 0 aliphatic rings. The molecule has 2 aromatic heterocycles. The van der Waals surface area contributed by atoms with Gasteiger partial charge in [-0.15, -0.1) is 0 Å². The van der Waals surface area contributed by atoms with E-state index >= 15 is 0 Å². The van der Waals surface area contributed by atoms with Crippen LogP contribution in [-0.2, 0) is 11.2 Å². The summed E-state index contributed by atoms with van der Waals surface area (Å²) in [4.78, 5) is 8.94.